The van der Waals surface area contributed by atoms with Gasteiger partial charge < -0.3 is 14.8 Å². The first kappa shape index (κ1) is 18.6. The van der Waals surface area contributed by atoms with Gasteiger partial charge in [0.25, 0.3) is 0 Å². The van der Waals surface area contributed by atoms with Crippen LogP contribution in [0.1, 0.15) is 44.9 Å². The van der Waals surface area contributed by atoms with E-state index in [4.69, 9.17) is 10.5 Å². The van der Waals surface area contributed by atoms with Crippen LogP contribution >= 0.6 is 11.8 Å². The number of ether oxygens (including phenoxy) is 1. The average Bonchev–Trinajstić information content (AvgIpc) is 2.90. The molecular formula is C16H30N3O4S+. The molecule has 8 heteroatoms. The highest BCUT2D eigenvalue weighted by molar-refractivity contribution is 8.00. The SMILES string of the molecule is COC1CCC(C(=O)C[NH+]2C(N)SC3CCCCC32)CC1[NH+]([O-])O. The number of nitrogens with two attached hydrogens (primary N) is 1. The van der Waals surface area contributed by atoms with Crippen LogP contribution < -0.4 is 15.9 Å². The summed E-state index contributed by atoms with van der Waals surface area (Å²) in [4.78, 5) is 14.0. The number of quaternary nitrogens is 2. The summed E-state index contributed by atoms with van der Waals surface area (Å²) >= 11 is 1.83. The highest BCUT2D eigenvalue weighted by atomic mass is 32.2. The Balaban J connectivity index is 1.60. The van der Waals surface area contributed by atoms with Gasteiger partial charge in [-0.15, -0.1) is 0 Å². The molecule has 5 N–H and O–H groups in total. The molecule has 1 saturated heterocycles. The normalized spacial score (nSPS) is 44.1. The first-order chi connectivity index (χ1) is 11.5. The van der Waals surface area contributed by atoms with E-state index < -0.39 is 11.3 Å². The standard InChI is InChI=1S/C16H29N3O4S/c1-23-14-7-6-10(8-12(14)19(21)22)13(20)9-18-11-4-2-3-5-15(11)24-16(18)17/h10-12,14-16,19,21H,2-9,17H2,1H3/p+1. The third kappa shape index (κ3) is 3.80. The number of carbonyl (C=O) groups is 1. The maximum atomic E-state index is 12.8. The minimum atomic E-state index is -0.854. The van der Waals surface area contributed by atoms with Crippen molar-refractivity contribution >= 4 is 17.5 Å². The molecule has 0 radical (unpaired) electrons. The number of fused-ring (bicyclic) bond motifs is 1. The molecule has 0 spiro atoms. The van der Waals surface area contributed by atoms with Crippen LogP contribution in [0, 0.1) is 11.1 Å². The maximum absolute atomic E-state index is 12.8. The van der Waals surface area contributed by atoms with E-state index in [-0.39, 0.29) is 23.3 Å². The summed E-state index contributed by atoms with van der Waals surface area (Å²) < 4.78 is 5.29. The van der Waals surface area contributed by atoms with E-state index in [9.17, 15) is 15.2 Å². The second kappa shape index (κ2) is 7.99. The Morgan fingerprint density at radius 1 is 1.38 bits per heavy atom. The summed E-state index contributed by atoms with van der Waals surface area (Å²) in [7, 11) is 1.55. The summed E-state index contributed by atoms with van der Waals surface area (Å²) in [5, 5.41) is 20.6. The van der Waals surface area contributed by atoms with Crippen molar-refractivity contribution in [3.05, 3.63) is 5.21 Å². The molecule has 138 valence electrons. The molecule has 2 aliphatic carbocycles. The van der Waals surface area contributed by atoms with Gasteiger partial charge in [0, 0.05) is 25.9 Å². The third-order valence-electron chi connectivity index (χ3n) is 6.11. The van der Waals surface area contributed by atoms with Crippen LogP contribution in [0.2, 0.25) is 0 Å². The fraction of sp³-hybridized carbons (Fsp3) is 0.938. The fourth-order valence-corrected chi connectivity index (χ4v) is 6.34. The van der Waals surface area contributed by atoms with Gasteiger partial charge in [-0.05, 0) is 25.7 Å². The summed E-state index contributed by atoms with van der Waals surface area (Å²) in [6.45, 7) is 0.448. The molecule has 2 saturated carbocycles. The van der Waals surface area contributed by atoms with Gasteiger partial charge in [-0.2, -0.15) is 0 Å². The van der Waals surface area contributed by atoms with E-state index in [2.05, 4.69) is 0 Å². The summed E-state index contributed by atoms with van der Waals surface area (Å²) in [5.74, 6) is 0.0258. The van der Waals surface area contributed by atoms with Crippen molar-refractivity contribution in [2.45, 2.75) is 73.9 Å². The third-order valence-corrected chi connectivity index (χ3v) is 7.62. The Bertz CT molecular complexity index is 453. The Hall–Kier alpha value is -0.220. The van der Waals surface area contributed by atoms with Crippen molar-refractivity contribution in [2.24, 2.45) is 11.7 Å². The van der Waals surface area contributed by atoms with Gasteiger partial charge in [0.05, 0.1) is 5.25 Å². The summed E-state index contributed by atoms with van der Waals surface area (Å²) in [5.41, 5.74) is 6.27. The van der Waals surface area contributed by atoms with Crippen LogP contribution in [0.3, 0.4) is 0 Å². The van der Waals surface area contributed by atoms with E-state index >= 15 is 0 Å². The van der Waals surface area contributed by atoms with Gasteiger partial charge in [-0.25, -0.2) is 10.4 Å². The maximum Gasteiger partial charge on any atom is 0.190 e. The topological polar surface area (TPSA) is 104 Å². The molecular weight excluding hydrogens is 330 g/mol. The van der Waals surface area contributed by atoms with Crippen LogP contribution in [0.25, 0.3) is 0 Å². The van der Waals surface area contributed by atoms with Crippen LogP contribution in [0.4, 0.5) is 0 Å². The molecule has 0 aromatic heterocycles. The Kier molecular flexibility index (Phi) is 6.18. The molecule has 7 nitrogen and oxygen atoms in total. The number of hydrogen-bond acceptors (Lipinski definition) is 6. The lowest BCUT2D eigenvalue weighted by Gasteiger charge is -2.37. The molecule has 8 unspecified atom stereocenters. The van der Waals surface area contributed by atoms with Crippen molar-refractivity contribution in [1.82, 2.24) is 0 Å². The number of Topliss-reactive ketones (excluding diaryl/α,β-unsaturated/α-hetero) is 1. The molecule has 0 bridgehead atoms. The zero-order valence-electron chi connectivity index (χ0n) is 14.3. The summed E-state index contributed by atoms with van der Waals surface area (Å²) in [6.07, 6.45) is 6.36. The number of carbonyl (C=O) groups excluding carboxylic acids is 1. The van der Waals surface area contributed by atoms with Gasteiger partial charge in [0.2, 0.25) is 0 Å². The average molecular weight is 361 g/mol. The number of rotatable bonds is 5. The quantitative estimate of drug-likeness (QED) is 0.454. The van der Waals surface area contributed by atoms with Crippen molar-refractivity contribution in [3.8, 4) is 0 Å². The molecule has 24 heavy (non-hydrogen) atoms. The number of methoxy groups -OCH3 is 1. The number of hydrogen-bond donors (Lipinski definition) is 4. The van der Waals surface area contributed by atoms with E-state index in [1.54, 1.807) is 7.11 Å². The first-order valence-electron chi connectivity index (χ1n) is 9.06. The van der Waals surface area contributed by atoms with E-state index in [0.717, 1.165) is 12.8 Å². The lowest BCUT2D eigenvalue weighted by molar-refractivity contribution is -1.07. The lowest BCUT2D eigenvalue weighted by atomic mass is 9.81. The highest BCUT2D eigenvalue weighted by Crippen LogP contribution is 2.32. The van der Waals surface area contributed by atoms with E-state index in [0.29, 0.717) is 30.7 Å². The monoisotopic (exact) mass is 360 g/mol. The minimum Gasteiger partial charge on any atom is -0.600 e. The van der Waals surface area contributed by atoms with E-state index in [1.165, 1.54) is 24.2 Å². The van der Waals surface area contributed by atoms with Crippen molar-refractivity contribution in [3.63, 3.8) is 0 Å². The molecule has 1 heterocycles. The molecule has 3 rings (SSSR count). The number of ketones is 1. The second-order valence-corrected chi connectivity index (χ2v) is 8.82. The first-order valence-corrected chi connectivity index (χ1v) is 10.0. The molecule has 0 amide bonds. The molecule has 0 aromatic carbocycles. The summed E-state index contributed by atoms with van der Waals surface area (Å²) in [6, 6.07) is -0.0787. The zero-order chi connectivity index (χ0) is 17.3. The number of nitrogens with one attached hydrogen (secondary N) is 2. The number of thioether (sulfide) groups is 1. The van der Waals surface area contributed by atoms with E-state index in [1.807, 2.05) is 11.8 Å². The fourth-order valence-electron chi connectivity index (χ4n) is 4.72. The van der Waals surface area contributed by atoms with Crippen LogP contribution in [-0.2, 0) is 9.53 Å². The molecule has 1 aliphatic heterocycles. The van der Waals surface area contributed by atoms with Gasteiger partial charge >= 0.3 is 0 Å². The molecule has 8 atom stereocenters. The Labute approximate surface area is 147 Å². The Morgan fingerprint density at radius 3 is 2.83 bits per heavy atom. The molecule has 3 aliphatic rings. The van der Waals surface area contributed by atoms with Crippen LogP contribution in [0.5, 0.6) is 0 Å². The van der Waals surface area contributed by atoms with Crippen LogP contribution in [-0.4, -0.2) is 53.6 Å². The molecule has 3 fully saturated rings. The van der Waals surface area contributed by atoms with Gasteiger partial charge in [-0.1, -0.05) is 18.2 Å². The predicted molar refractivity (Wildman–Crippen MR) is 90.5 cm³/mol. The lowest BCUT2D eigenvalue weighted by Crippen LogP contribution is -3.19. The smallest absolute Gasteiger partial charge is 0.190 e. The van der Waals surface area contributed by atoms with Crippen molar-refractivity contribution in [1.29, 1.82) is 0 Å². The largest absolute Gasteiger partial charge is 0.600 e. The van der Waals surface area contributed by atoms with Crippen molar-refractivity contribution in [2.75, 3.05) is 13.7 Å². The Morgan fingerprint density at radius 2 is 2.12 bits per heavy atom. The predicted octanol–water partition coefficient (Wildman–Crippen LogP) is -1.30. The van der Waals surface area contributed by atoms with Crippen molar-refractivity contribution < 1.29 is 24.9 Å². The number of hydroxylamine groups is 2. The van der Waals surface area contributed by atoms with Gasteiger partial charge in [0.15, 0.2) is 11.3 Å². The van der Waals surface area contributed by atoms with Gasteiger partial charge in [0.1, 0.15) is 24.7 Å². The van der Waals surface area contributed by atoms with Crippen LogP contribution in [0.15, 0.2) is 0 Å². The second-order valence-electron chi connectivity index (χ2n) is 7.43. The zero-order valence-corrected chi connectivity index (χ0v) is 15.1. The van der Waals surface area contributed by atoms with Gasteiger partial charge in [-0.3, -0.25) is 10.5 Å². The molecule has 0 aromatic rings. The highest BCUT2D eigenvalue weighted by Gasteiger charge is 2.47. The minimum absolute atomic E-state index is 0.0207.